The highest BCUT2D eigenvalue weighted by Crippen LogP contribution is 2.35. The minimum Gasteiger partial charge on any atom is -0.393 e. The summed E-state index contributed by atoms with van der Waals surface area (Å²) in [7, 11) is 1.50. The summed E-state index contributed by atoms with van der Waals surface area (Å²) in [5.41, 5.74) is -1.96. The van der Waals surface area contributed by atoms with E-state index in [1.165, 1.54) is 51.4 Å². The van der Waals surface area contributed by atoms with E-state index in [0.29, 0.717) is 17.4 Å². The minimum absolute atomic E-state index is 0.0772. The molecule has 0 radical (unpaired) electrons. The van der Waals surface area contributed by atoms with E-state index < -0.39 is 32.4 Å². The molecule has 0 heterocycles. The van der Waals surface area contributed by atoms with Gasteiger partial charge in [-0.05, 0) is 32.1 Å². The average Bonchev–Trinajstić information content (AvgIpc) is 2.79. The maximum atomic E-state index is 11.7. The summed E-state index contributed by atoms with van der Waals surface area (Å²) in [5.74, 6) is -0.463. The minimum atomic E-state index is -4.26. The summed E-state index contributed by atoms with van der Waals surface area (Å²) < 4.78 is 15.1. The van der Waals surface area contributed by atoms with Gasteiger partial charge in [0, 0.05) is 6.42 Å². The molecule has 9 nitrogen and oxygen atoms in total. The van der Waals surface area contributed by atoms with Crippen LogP contribution in [0.25, 0.3) is 0 Å². The average molecular weight is 541 g/mol. The van der Waals surface area contributed by atoms with Gasteiger partial charge in [-0.3, -0.25) is 9.32 Å². The van der Waals surface area contributed by atoms with Gasteiger partial charge in [-0.25, -0.2) is 4.57 Å². The molecule has 0 saturated carbocycles. The number of aliphatic hydroxyl groups excluding tert-OH is 2. The molecular weight excluding hydrogens is 485 g/mol. The Morgan fingerprint density at radius 3 is 1.69 bits per heavy atom. The van der Waals surface area contributed by atoms with Gasteiger partial charge < -0.3 is 29.6 Å². The lowest BCUT2D eigenvalue weighted by molar-refractivity contribution is -0.870. The first-order valence-electron chi connectivity index (χ1n) is 13.4. The molecule has 0 rings (SSSR count). The number of carbonyl (C=O) groups is 1. The number of hydrogen-bond donors (Lipinski definition) is 5. The molecule has 36 heavy (non-hydrogen) atoms. The van der Waals surface area contributed by atoms with Crippen molar-refractivity contribution < 1.29 is 43.5 Å². The third kappa shape index (κ3) is 26.4. The van der Waals surface area contributed by atoms with Gasteiger partial charge in [-0.15, -0.1) is 0 Å². The summed E-state index contributed by atoms with van der Waals surface area (Å²) in [6.07, 6.45) is 20.3. The molecule has 0 aromatic heterocycles. The molecule has 0 atom stereocenters. The number of quaternary nitrogens is 1. The van der Waals surface area contributed by atoms with E-state index in [1.807, 2.05) is 21.1 Å². The van der Waals surface area contributed by atoms with Crippen molar-refractivity contribution in [2.24, 2.45) is 0 Å². The molecular formula is C26H55NO8P+. The second-order valence-electron chi connectivity index (χ2n) is 10.4. The van der Waals surface area contributed by atoms with Crippen molar-refractivity contribution in [3.8, 4) is 0 Å². The highest BCUT2D eigenvalue weighted by Gasteiger charge is 2.33. The van der Waals surface area contributed by atoms with E-state index in [-0.39, 0.29) is 13.0 Å². The predicted octanol–water partition coefficient (Wildman–Crippen LogP) is 4.11. The molecule has 5 N–H and O–H groups in total. The van der Waals surface area contributed by atoms with Crippen molar-refractivity contribution in [3.63, 3.8) is 0 Å². The zero-order chi connectivity index (χ0) is 27.9. The van der Waals surface area contributed by atoms with Crippen LogP contribution >= 0.6 is 7.82 Å². The quantitative estimate of drug-likeness (QED) is 0.0597. The lowest BCUT2D eigenvalue weighted by Gasteiger charge is -2.23. The number of hydrogen-bond acceptors (Lipinski definition) is 6. The van der Waals surface area contributed by atoms with Crippen LogP contribution in [0.4, 0.5) is 0 Å². The number of carbonyl (C=O) groups excluding carboxylic acids is 1. The number of ketones is 1. The molecule has 0 unspecified atom stereocenters. The van der Waals surface area contributed by atoms with Gasteiger partial charge in [0.1, 0.15) is 13.2 Å². The molecule has 0 aliphatic carbocycles. The van der Waals surface area contributed by atoms with Crippen molar-refractivity contribution in [2.45, 2.75) is 102 Å². The summed E-state index contributed by atoms with van der Waals surface area (Å²) in [6, 6.07) is 0. The number of phosphoric ester groups is 1. The first kappa shape index (κ1) is 37.5. The number of allylic oxidation sites excluding steroid dienone is 2. The van der Waals surface area contributed by atoms with Gasteiger partial charge in [0.05, 0.1) is 34.4 Å². The van der Waals surface area contributed by atoms with Crippen molar-refractivity contribution in [1.82, 2.24) is 0 Å². The predicted molar refractivity (Wildman–Crippen MR) is 144 cm³/mol. The molecule has 10 heteroatoms. The standard InChI is InChI=1S/C21H40O4.C5H14NO4P/c1-2-3-4-5-6-7-8-9-10-11-12-13-14-15-16-17-20(24)21(25,18-22)19-23;1-6(2,3)4-5-10-11(7,8)9/h9-10,22-23,25H,2-8,11-19H2,1H3;4-5H2,1-3H3,(H-,7,8,9)/p+1/b10-9-;. The summed E-state index contributed by atoms with van der Waals surface area (Å²) >= 11 is 0. The third-order valence-electron chi connectivity index (χ3n) is 5.73. The number of aliphatic hydroxyl groups is 3. The van der Waals surface area contributed by atoms with E-state index in [4.69, 9.17) is 20.0 Å². The number of phosphoric acid groups is 1. The van der Waals surface area contributed by atoms with Gasteiger partial charge >= 0.3 is 7.82 Å². The number of rotatable bonds is 22. The Morgan fingerprint density at radius 2 is 1.28 bits per heavy atom. The number of Topliss-reactive ketones (excluding diaryl/α,β-unsaturated/α-hetero) is 1. The van der Waals surface area contributed by atoms with Crippen LogP contribution in [0.1, 0.15) is 96.8 Å². The first-order chi connectivity index (χ1) is 16.8. The van der Waals surface area contributed by atoms with Crippen molar-refractivity contribution >= 4 is 13.6 Å². The fourth-order valence-electron chi connectivity index (χ4n) is 3.25. The lowest BCUT2D eigenvalue weighted by Crippen LogP contribution is -2.45. The Hall–Kier alpha value is -0.640. The van der Waals surface area contributed by atoms with Crippen LogP contribution in [-0.2, 0) is 13.9 Å². The number of likely N-dealkylation sites (N-methyl/N-ethyl adjacent to an activating group) is 1. The van der Waals surface area contributed by atoms with Gasteiger partial charge in [-0.2, -0.15) is 0 Å². The monoisotopic (exact) mass is 540 g/mol. The van der Waals surface area contributed by atoms with Gasteiger partial charge in [0.15, 0.2) is 11.4 Å². The zero-order valence-electron chi connectivity index (χ0n) is 23.2. The molecule has 0 aliphatic heterocycles. The zero-order valence-corrected chi connectivity index (χ0v) is 24.1. The molecule has 0 spiro atoms. The molecule has 0 saturated heterocycles. The molecule has 0 aromatic rings. The smallest absolute Gasteiger partial charge is 0.393 e. The maximum Gasteiger partial charge on any atom is 0.469 e. The van der Waals surface area contributed by atoms with Crippen molar-refractivity contribution in [3.05, 3.63) is 12.2 Å². The van der Waals surface area contributed by atoms with E-state index in [2.05, 4.69) is 23.6 Å². The van der Waals surface area contributed by atoms with Crippen LogP contribution in [0.5, 0.6) is 0 Å². The van der Waals surface area contributed by atoms with E-state index in [9.17, 15) is 14.5 Å². The van der Waals surface area contributed by atoms with Gasteiger partial charge in [-0.1, -0.05) is 70.4 Å². The topological polar surface area (TPSA) is 145 Å². The molecule has 0 aromatic carbocycles. The van der Waals surface area contributed by atoms with Crippen molar-refractivity contribution in [1.29, 1.82) is 0 Å². The van der Waals surface area contributed by atoms with Crippen LogP contribution in [0, 0.1) is 0 Å². The highest BCUT2D eigenvalue weighted by atomic mass is 31.2. The van der Waals surface area contributed by atoms with E-state index in [1.54, 1.807) is 0 Å². The fourth-order valence-corrected chi connectivity index (χ4v) is 3.57. The normalized spacial score (nSPS) is 12.6. The lowest BCUT2D eigenvalue weighted by atomic mass is 9.95. The van der Waals surface area contributed by atoms with E-state index in [0.717, 1.165) is 25.7 Å². The Bertz CT molecular complexity index is 597. The van der Waals surface area contributed by atoms with E-state index >= 15 is 0 Å². The molecule has 216 valence electrons. The van der Waals surface area contributed by atoms with Crippen LogP contribution in [0.2, 0.25) is 0 Å². The fraction of sp³-hybridized carbons (Fsp3) is 0.885. The SMILES string of the molecule is CCCCCCCC/C=C\CCCCCCCC(=O)C(O)(CO)CO.C[N+](C)(C)CCOP(=O)(O)O. The number of unbranched alkanes of at least 4 members (excludes halogenated alkanes) is 11. The summed E-state index contributed by atoms with van der Waals surface area (Å²) in [6.45, 7) is 1.47. The second kappa shape index (κ2) is 22.4. The molecule has 0 amide bonds. The Balaban J connectivity index is 0. The van der Waals surface area contributed by atoms with Gasteiger partial charge in [0.2, 0.25) is 0 Å². The first-order valence-corrected chi connectivity index (χ1v) is 15.0. The Morgan fingerprint density at radius 1 is 0.833 bits per heavy atom. The molecule has 0 aliphatic rings. The molecule has 0 fully saturated rings. The van der Waals surface area contributed by atoms with Crippen LogP contribution in [-0.4, -0.2) is 88.5 Å². The summed E-state index contributed by atoms with van der Waals surface area (Å²) in [4.78, 5) is 28.3. The van der Waals surface area contributed by atoms with Crippen molar-refractivity contribution in [2.75, 3.05) is 47.5 Å². The molecule has 0 bridgehead atoms. The largest absolute Gasteiger partial charge is 0.469 e. The second-order valence-corrected chi connectivity index (χ2v) is 11.7. The number of nitrogens with zero attached hydrogens (tertiary/aromatic N) is 1. The van der Waals surface area contributed by atoms with Crippen LogP contribution in [0.15, 0.2) is 12.2 Å². The third-order valence-corrected chi connectivity index (χ3v) is 6.25. The van der Waals surface area contributed by atoms with Gasteiger partial charge in [0.25, 0.3) is 0 Å². The Kier molecular flexibility index (Phi) is 23.3. The summed E-state index contributed by atoms with van der Waals surface area (Å²) in [5, 5.41) is 27.5. The highest BCUT2D eigenvalue weighted by molar-refractivity contribution is 7.46. The van der Waals surface area contributed by atoms with Crippen LogP contribution < -0.4 is 0 Å². The Labute approximate surface area is 219 Å². The van der Waals surface area contributed by atoms with Crippen LogP contribution in [0.3, 0.4) is 0 Å². The maximum absolute atomic E-state index is 11.7.